The van der Waals surface area contributed by atoms with Crippen molar-refractivity contribution in [3.8, 4) is 0 Å². The summed E-state index contributed by atoms with van der Waals surface area (Å²) in [4.78, 5) is 0. The average Bonchev–Trinajstić information content (AvgIpc) is 3.76. The molecule has 0 N–H and O–H groups in total. The van der Waals surface area contributed by atoms with Crippen LogP contribution in [-0.4, -0.2) is 4.70 Å². The number of hydrogen-bond acceptors (Lipinski definition) is 0. The number of benzene rings is 2. The zero-order chi connectivity index (χ0) is 54.1. The summed E-state index contributed by atoms with van der Waals surface area (Å²) in [7, 11) is 0. The molecule has 0 radical (unpaired) electrons. The van der Waals surface area contributed by atoms with Crippen LogP contribution >= 0.6 is 0 Å². The summed E-state index contributed by atoms with van der Waals surface area (Å²) in [5.41, 5.74) is 23.0. The molecule has 0 unspecified atom stereocenters. The minimum Gasteiger partial charge on any atom is -0.0654 e. The van der Waals surface area contributed by atoms with Crippen LogP contribution < -0.4 is 0 Å². The number of unbranched alkanes of at least 4 members (excludes halogenated alkanes) is 35. The van der Waals surface area contributed by atoms with Crippen molar-refractivity contribution >= 4 is 11.4 Å². The van der Waals surface area contributed by atoms with Crippen molar-refractivity contribution in [2.75, 3.05) is 0 Å². The molecule has 2 nitrogen and oxygen atoms in total. The van der Waals surface area contributed by atoms with Crippen molar-refractivity contribution in [3.63, 3.8) is 0 Å². The second-order valence-corrected chi connectivity index (χ2v) is 24.9. The molecule has 2 aromatic rings. The Hall–Kier alpha value is -1.99. The Kier molecular flexibility index (Phi) is 46.3. The van der Waals surface area contributed by atoms with Crippen LogP contribution in [0, 0.1) is 0 Å². The SMILES string of the molecule is CCCCC1=C(c2cc(CCCC)cc(CCCC)c2)[N+](=[N-])C(c2cc(CCCC)cc(CCCC)c2)=C1.CCCCCCCCCCCCCCCCC[CH2][Ni][CH2]CCCCCCCCCCCCCCCCC. The molecule has 0 aliphatic carbocycles. The molecule has 1 aliphatic rings. The first-order valence-corrected chi connectivity index (χ1v) is 35.0. The maximum absolute atomic E-state index is 11.8. The van der Waals surface area contributed by atoms with Crippen molar-refractivity contribution in [3.05, 3.63) is 87.0 Å². The molecule has 75 heavy (non-hydrogen) atoms. The molecule has 3 heteroatoms. The van der Waals surface area contributed by atoms with Gasteiger partial charge in [-0.25, -0.2) is 4.70 Å². The zero-order valence-corrected chi connectivity index (χ0v) is 52.4. The van der Waals surface area contributed by atoms with Crippen LogP contribution in [0.4, 0.5) is 0 Å². The molecule has 0 aromatic heterocycles. The maximum atomic E-state index is 11.8. The predicted molar refractivity (Wildman–Crippen MR) is 334 cm³/mol. The number of rotatable bonds is 51. The number of aryl methyl sites for hydroxylation is 4. The van der Waals surface area contributed by atoms with Gasteiger partial charge in [-0.3, -0.25) is 0 Å². The monoisotopic (exact) mass is 1080 g/mol. The fourth-order valence-electron chi connectivity index (χ4n) is 11.0. The summed E-state index contributed by atoms with van der Waals surface area (Å²) in [5, 5.41) is 2.87. The molecule has 0 amide bonds. The molecular formula is C72H126N2Ni. The van der Waals surface area contributed by atoms with E-state index in [0.29, 0.717) is 0 Å². The Morgan fingerprint density at radius 3 is 0.840 bits per heavy atom. The van der Waals surface area contributed by atoms with E-state index >= 15 is 0 Å². The Labute approximate surface area is 475 Å². The van der Waals surface area contributed by atoms with Crippen LogP contribution in [0.3, 0.4) is 0 Å². The molecule has 0 saturated heterocycles. The molecule has 0 atom stereocenters. The van der Waals surface area contributed by atoms with Gasteiger partial charge in [0.2, 0.25) is 11.4 Å². The quantitative estimate of drug-likeness (QED) is 0.0358. The number of nitrogens with zero attached hydrogens (tertiary/aromatic N) is 2. The normalized spacial score (nSPS) is 12.6. The van der Waals surface area contributed by atoms with Crippen LogP contribution in [0.2, 0.25) is 10.8 Å². The Bertz CT molecular complexity index is 1610. The van der Waals surface area contributed by atoms with E-state index in [1.807, 2.05) is 14.4 Å². The summed E-state index contributed by atoms with van der Waals surface area (Å²) in [6, 6.07) is 14.1. The molecule has 0 fully saturated rings. The Morgan fingerprint density at radius 2 is 0.547 bits per heavy atom. The predicted octanol–water partition coefficient (Wildman–Crippen LogP) is 25.5. The van der Waals surface area contributed by atoms with Crippen LogP contribution in [-0.2, 0) is 40.1 Å². The minimum atomic E-state index is 0.941. The Morgan fingerprint density at radius 1 is 0.293 bits per heavy atom. The van der Waals surface area contributed by atoms with Crippen molar-refractivity contribution in [2.24, 2.45) is 0 Å². The van der Waals surface area contributed by atoms with Gasteiger partial charge in [-0.15, -0.1) is 0 Å². The standard InChI is InChI=1S/C36H52N2.2C18H37.Ni/c1-6-11-16-28-21-29(17-12-7-2)24-33(23-28)35-27-32(20-15-10-5)36(38(35)37)34-25-30(18-13-8-3)22-31(26-34)19-14-9-4;2*1-3-5-7-9-11-13-15-17-18-16-14-12-10-8-6-4-2;/h21-27H,6-20H2,1-5H3;2*1,3-18H2,2H3;. The third-order valence-corrected chi connectivity index (χ3v) is 17.4. The third-order valence-electron chi connectivity index (χ3n) is 16.0. The summed E-state index contributed by atoms with van der Waals surface area (Å²) < 4.78 is 1.52. The third kappa shape index (κ3) is 35.3. The first-order chi connectivity index (χ1) is 37.0. The van der Waals surface area contributed by atoms with E-state index in [1.165, 1.54) is 306 Å². The van der Waals surface area contributed by atoms with Crippen molar-refractivity contribution < 1.29 is 19.1 Å². The van der Waals surface area contributed by atoms with Crippen LogP contribution in [0.5, 0.6) is 0 Å². The van der Waals surface area contributed by atoms with Gasteiger partial charge in [0.05, 0.1) is 0 Å². The smallest absolute Gasteiger partial charge is 0.0654 e. The van der Waals surface area contributed by atoms with E-state index in [1.54, 1.807) is 0 Å². The van der Waals surface area contributed by atoms with Crippen molar-refractivity contribution in [2.45, 2.75) is 361 Å². The van der Waals surface area contributed by atoms with E-state index in [9.17, 15) is 5.53 Å². The summed E-state index contributed by atoms with van der Waals surface area (Å²) in [5.74, 6) is 0. The van der Waals surface area contributed by atoms with Gasteiger partial charge in [-0.05, 0) is 111 Å². The van der Waals surface area contributed by atoms with Gasteiger partial charge in [-0.1, -0.05) is 157 Å². The second kappa shape index (κ2) is 50.2. The van der Waals surface area contributed by atoms with Crippen LogP contribution in [0.1, 0.15) is 358 Å². The van der Waals surface area contributed by atoms with Gasteiger partial charge in [0.15, 0.2) is 0 Å². The van der Waals surface area contributed by atoms with Gasteiger partial charge >= 0.3 is 166 Å². The Balaban J connectivity index is 0.000000514. The van der Waals surface area contributed by atoms with Gasteiger partial charge in [0, 0.05) is 22.8 Å². The number of allylic oxidation sites excluding steroid dienone is 2. The molecule has 1 aliphatic heterocycles. The summed E-state index contributed by atoms with van der Waals surface area (Å²) >= 11 is 2.04. The van der Waals surface area contributed by atoms with E-state index in [0.717, 1.165) is 61.9 Å². The summed E-state index contributed by atoms with van der Waals surface area (Å²) in [6.45, 7) is 15.9. The number of hydrogen-bond donors (Lipinski definition) is 0. The zero-order valence-electron chi connectivity index (χ0n) is 51.4. The van der Waals surface area contributed by atoms with Gasteiger partial charge in [0.25, 0.3) is 0 Å². The van der Waals surface area contributed by atoms with Crippen molar-refractivity contribution in [1.82, 2.24) is 0 Å². The molecule has 0 saturated carbocycles. The van der Waals surface area contributed by atoms with Gasteiger partial charge < -0.3 is 5.53 Å². The van der Waals surface area contributed by atoms with Crippen LogP contribution in [0.15, 0.2) is 48.0 Å². The fourth-order valence-corrected chi connectivity index (χ4v) is 12.3. The van der Waals surface area contributed by atoms with E-state index in [-0.39, 0.29) is 0 Å². The molecule has 1 heterocycles. The van der Waals surface area contributed by atoms with E-state index in [2.05, 4.69) is 90.9 Å². The van der Waals surface area contributed by atoms with Crippen LogP contribution in [0.25, 0.3) is 16.9 Å². The molecule has 2 aromatic carbocycles. The fraction of sp³-hybridized carbons (Fsp3) is 0.778. The second-order valence-electron chi connectivity index (χ2n) is 23.4. The van der Waals surface area contributed by atoms with Crippen molar-refractivity contribution in [1.29, 1.82) is 0 Å². The molecule has 0 bridgehead atoms. The topological polar surface area (TPSA) is 25.3 Å². The van der Waals surface area contributed by atoms with Gasteiger partial charge in [-0.2, -0.15) is 0 Å². The molecule has 3 rings (SSSR count). The molecular weight excluding hydrogens is 951 g/mol. The van der Waals surface area contributed by atoms with E-state index in [4.69, 9.17) is 0 Å². The van der Waals surface area contributed by atoms with Gasteiger partial charge in [0.1, 0.15) is 0 Å². The first kappa shape index (κ1) is 69.1. The molecule has 434 valence electrons. The summed E-state index contributed by atoms with van der Waals surface area (Å²) in [6.07, 6.45) is 66.8. The first-order valence-electron chi connectivity index (χ1n) is 33.6. The van der Waals surface area contributed by atoms with E-state index < -0.39 is 0 Å². The minimum absolute atomic E-state index is 0.941. The average molecular weight is 1080 g/mol. The molecule has 0 spiro atoms.